The van der Waals surface area contributed by atoms with Crippen LogP contribution < -0.4 is 11.1 Å². The number of phosphoric ester groups is 1. The normalized spacial score (nSPS) is 15.4. The Hall–Kier alpha value is -1.06. The standard InChI is InChI=1S/C35H69N2O7P/c1-3-5-7-9-11-13-14-15-16-17-18-19-20-22-24-26-32(38)30-35(40)37-33(31-44-45(41,42)43-29-28-36)34(39)27-25-23-21-12-10-8-6-4-2/h10,12,25,27,32-34,38-39H,3-9,11,13-24,26,28-31,36H2,1-2H3,(H,37,40)(H,41,42)/b12-10+,27-25+. The lowest BCUT2D eigenvalue weighted by Gasteiger charge is -2.24. The maximum Gasteiger partial charge on any atom is 0.472 e. The van der Waals surface area contributed by atoms with Gasteiger partial charge in [-0.05, 0) is 25.7 Å². The summed E-state index contributed by atoms with van der Waals surface area (Å²) in [5.41, 5.74) is 5.32. The number of hydrogen-bond acceptors (Lipinski definition) is 7. The van der Waals surface area contributed by atoms with E-state index in [0.29, 0.717) is 12.8 Å². The molecule has 0 rings (SSSR count). The Bertz CT molecular complexity index is 781. The van der Waals surface area contributed by atoms with E-state index in [1.54, 1.807) is 6.08 Å². The van der Waals surface area contributed by atoms with Crippen molar-refractivity contribution < 1.29 is 33.5 Å². The fourth-order valence-corrected chi connectivity index (χ4v) is 5.82. The molecule has 1 amide bonds. The second-order valence-corrected chi connectivity index (χ2v) is 13.7. The summed E-state index contributed by atoms with van der Waals surface area (Å²) in [4.78, 5) is 22.5. The Labute approximate surface area is 275 Å². The fourth-order valence-electron chi connectivity index (χ4n) is 5.06. The molecule has 0 aliphatic rings. The van der Waals surface area contributed by atoms with Crippen LogP contribution in [0.4, 0.5) is 0 Å². The summed E-state index contributed by atoms with van der Waals surface area (Å²) in [5.74, 6) is -0.459. The number of hydrogen-bond donors (Lipinski definition) is 5. The Morgan fingerprint density at radius 2 is 1.27 bits per heavy atom. The van der Waals surface area contributed by atoms with Gasteiger partial charge < -0.3 is 26.2 Å². The minimum atomic E-state index is -4.39. The van der Waals surface area contributed by atoms with E-state index in [1.807, 2.05) is 6.08 Å². The van der Waals surface area contributed by atoms with E-state index in [9.17, 15) is 24.5 Å². The van der Waals surface area contributed by atoms with Crippen LogP contribution in [-0.4, -0.2) is 59.0 Å². The van der Waals surface area contributed by atoms with Crippen LogP contribution in [0.2, 0.25) is 0 Å². The van der Waals surface area contributed by atoms with Gasteiger partial charge in [0.2, 0.25) is 5.91 Å². The van der Waals surface area contributed by atoms with Gasteiger partial charge in [-0.3, -0.25) is 13.8 Å². The number of aliphatic hydroxyl groups excluding tert-OH is 2. The van der Waals surface area contributed by atoms with Gasteiger partial charge in [-0.15, -0.1) is 0 Å². The SMILES string of the molecule is CCCC/C=C/CC/C=C/C(O)C(COP(=O)(O)OCCN)NC(=O)CC(O)CCCCCCCCCCCCCCCCC. The second kappa shape index (κ2) is 31.5. The van der Waals surface area contributed by atoms with Crippen molar-refractivity contribution in [2.75, 3.05) is 19.8 Å². The van der Waals surface area contributed by atoms with Crippen LogP contribution in [0.5, 0.6) is 0 Å². The smallest absolute Gasteiger partial charge is 0.393 e. The third-order valence-electron chi connectivity index (χ3n) is 7.83. The van der Waals surface area contributed by atoms with Gasteiger partial charge in [0.05, 0.1) is 37.9 Å². The first-order valence-corrected chi connectivity index (χ1v) is 19.5. The van der Waals surface area contributed by atoms with E-state index >= 15 is 0 Å². The summed E-state index contributed by atoms with van der Waals surface area (Å²) >= 11 is 0. The van der Waals surface area contributed by atoms with Crippen LogP contribution in [0, 0.1) is 0 Å². The molecule has 9 nitrogen and oxygen atoms in total. The van der Waals surface area contributed by atoms with Crippen LogP contribution in [0.25, 0.3) is 0 Å². The lowest BCUT2D eigenvalue weighted by molar-refractivity contribution is -0.124. The summed E-state index contributed by atoms with van der Waals surface area (Å²) < 4.78 is 21.9. The molecule has 0 heterocycles. The molecule has 10 heteroatoms. The van der Waals surface area contributed by atoms with Crippen molar-refractivity contribution in [2.45, 2.75) is 173 Å². The van der Waals surface area contributed by atoms with Gasteiger partial charge in [0.15, 0.2) is 0 Å². The molecule has 0 aliphatic heterocycles. The first-order valence-electron chi connectivity index (χ1n) is 18.0. The van der Waals surface area contributed by atoms with Gasteiger partial charge in [0.25, 0.3) is 0 Å². The molecule has 6 N–H and O–H groups in total. The predicted molar refractivity (Wildman–Crippen MR) is 186 cm³/mol. The molecule has 45 heavy (non-hydrogen) atoms. The lowest BCUT2D eigenvalue weighted by atomic mass is 10.0. The number of carbonyl (C=O) groups is 1. The molecule has 0 aromatic rings. The Kier molecular flexibility index (Phi) is 30.8. The Balaban J connectivity index is 4.36. The van der Waals surface area contributed by atoms with Crippen LogP contribution in [-0.2, 0) is 18.4 Å². The van der Waals surface area contributed by atoms with Gasteiger partial charge in [-0.25, -0.2) is 4.57 Å². The van der Waals surface area contributed by atoms with E-state index in [4.69, 9.17) is 14.8 Å². The molecule has 4 atom stereocenters. The number of amides is 1. The van der Waals surface area contributed by atoms with Crippen molar-refractivity contribution in [3.05, 3.63) is 24.3 Å². The molecule has 0 bridgehead atoms. The molecule has 0 aromatic carbocycles. The quantitative estimate of drug-likeness (QED) is 0.0270. The molecule has 0 saturated carbocycles. The van der Waals surface area contributed by atoms with Gasteiger partial charge >= 0.3 is 7.82 Å². The number of phosphoric acid groups is 1. The average molecular weight is 661 g/mol. The number of allylic oxidation sites excluding steroid dienone is 3. The summed E-state index contributed by atoms with van der Waals surface area (Å²) in [6.07, 6.45) is 30.0. The van der Waals surface area contributed by atoms with Crippen LogP contribution in [0.3, 0.4) is 0 Å². The molecule has 0 aromatic heterocycles. The summed E-state index contributed by atoms with van der Waals surface area (Å²) in [7, 11) is -4.39. The average Bonchev–Trinajstić information content (AvgIpc) is 3.01. The Morgan fingerprint density at radius 3 is 1.82 bits per heavy atom. The molecule has 0 aliphatic carbocycles. The van der Waals surface area contributed by atoms with E-state index in [1.165, 1.54) is 77.0 Å². The first-order chi connectivity index (χ1) is 21.8. The van der Waals surface area contributed by atoms with Gasteiger partial charge in [-0.1, -0.05) is 147 Å². The molecular weight excluding hydrogens is 591 g/mol. The highest BCUT2D eigenvalue weighted by atomic mass is 31.2. The third-order valence-corrected chi connectivity index (χ3v) is 8.82. The van der Waals surface area contributed by atoms with Crippen LogP contribution in [0.15, 0.2) is 24.3 Å². The van der Waals surface area contributed by atoms with Crippen molar-refractivity contribution in [1.29, 1.82) is 0 Å². The molecule has 0 fully saturated rings. The molecule has 266 valence electrons. The largest absolute Gasteiger partial charge is 0.472 e. The maximum absolute atomic E-state index is 12.7. The summed E-state index contributed by atoms with van der Waals surface area (Å²) in [5, 5.41) is 23.8. The summed E-state index contributed by atoms with van der Waals surface area (Å²) in [6, 6.07) is -0.992. The van der Waals surface area contributed by atoms with E-state index < -0.39 is 38.6 Å². The van der Waals surface area contributed by atoms with Gasteiger partial charge in [0.1, 0.15) is 0 Å². The minimum absolute atomic E-state index is 0.0452. The van der Waals surface area contributed by atoms with Crippen molar-refractivity contribution in [3.8, 4) is 0 Å². The van der Waals surface area contributed by atoms with Crippen LogP contribution >= 0.6 is 7.82 Å². The number of carbonyl (C=O) groups excluding carboxylic acids is 1. The first kappa shape index (κ1) is 43.9. The summed E-state index contributed by atoms with van der Waals surface area (Å²) in [6.45, 7) is 3.85. The van der Waals surface area contributed by atoms with E-state index in [0.717, 1.165) is 44.9 Å². The second-order valence-electron chi connectivity index (χ2n) is 12.3. The highest BCUT2D eigenvalue weighted by Gasteiger charge is 2.27. The maximum atomic E-state index is 12.7. The number of nitrogens with one attached hydrogen (secondary N) is 1. The monoisotopic (exact) mass is 660 g/mol. The van der Waals surface area contributed by atoms with E-state index in [-0.39, 0.29) is 19.6 Å². The lowest BCUT2D eigenvalue weighted by Crippen LogP contribution is -2.46. The molecular formula is C35H69N2O7P. The zero-order valence-electron chi connectivity index (χ0n) is 28.7. The van der Waals surface area contributed by atoms with Crippen molar-refractivity contribution in [3.63, 3.8) is 0 Å². The molecule has 4 unspecified atom stereocenters. The highest BCUT2D eigenvalue weighted by Crippen LogP contribution is 2.43. The highest BCUT2D eigenvalue weighted by molar-refractivity contribution is 7.47. The minimum Gasteiger partial charge on any atom is -0.393 e. The van der Waals surface area contributed by atoms with E-state index in [2.05, 4.69) is 31.3 Å². The number of unbranched alkanes of at least 4 members (excludes halogenated alkanes) is 17. The van der Waals surface area contributed by atoms with Gasteiger partial charge in [-0.2, -0.15) is 0 Å². The Morgan fingerprint density at radius 1 is 0.756 bits per heavy atom. The topological polar surface area (TPSA) is 151 Å². The predicted octanol–water partition coefficient (Wildman–Crippen LogP) is 8.02. The zero-order valence-corrected chi connectivity index (χ0v) is 29.6. The van der Waals surface area contributed by atoms with Crippen molar-refractivity contribution >= 4 is 13.7 Å². The number of nitrogens with two attached hydrogens (primary N) is 1. The number of rotatable bonds is 33. The third kappa shape index (κ3) is 30.0. The van der Waals surface area contributed by atoms with Crippen molar-refractivity contribution in [1.82, 2.24) is 5.32 Å². The van der Waals surface area contributed by atoms with Crippen molar-refractivity contribution in [2.24, 2.45) is 5.73 Å². The number of aliphatic hydroxyl groups is 2. The molecule has 0 radical (unpaired) electrons. The van der Waals surface area contributed by atoms with Crippen LogP contribution in [0.1, 0.15) is 155 Å². The molecule has 0 spiro atoms. The fraction of sp³-hybridized carbons (Fsp3) is 0.857. The zero-order chi connectivity index (χ0) is 33.4. The molecule has 0 saturated heterocycles. The van der Waals surface area contributed by atoms with Gasteiger partial charge in [0, 0.05) is 6.54 Å².